The average Bonchev–Trinajstić information content (AvgIpc) is 3.25. The van der Waals surface area contributed by atoms with E-state index in [9.17, 15) is 4.79 Å². The van der Waals surface area contributed by atoms with E-state index in [1.807, 2.05) is 36.4 Å². The molecule has 0 atom stereocenters. The van der Waals surface area contributed by atoms with Gasteiger partial charge in [-0.25, -0.2) is 4.68 Å². The summed E-state index contributed by atoms with van der Waals surface area (Å²) < 4.78 is 11.7. The van der Waals surface area contributed by atoms with Crippen molar-refractivity contribution in [2.24, 2.45) is 0 Å². The molecule has 0 saturated carbocycles. The molecule has 0 aliphatic rings. The summed E-state index contributed by atoms with van der Waals surface area (Å²) in [5.41, 5.74) is 1.61. The summed E-state index contributed by atoms with van der Waals surface area (Å²) in [6.07, 6.45) is 7.16. The molecule has 2 aromatic heterocycles. The van der Waals surface area contributed by atoms with Gasteiger partial charge in [0.05, 0.1) is 25.5 Å². The largest absolute Gasteiger partial charge is 0.497 e. The lowest BCUT2D eigenvalue weighted by molar-refractivity contribution is 0.0898. The minimum atomic E-state index is -0.0900. The van der Waals surface area contributed by atoms with Crippen LogP contribution in [0.15, 0.2) is 59.3 Å². The van der Waals surface area contributed by atoms with Gasteiger partial charge in [-0.15, -0.1) is 0 Å². The number of aromatic nitrogens is 2. The quantitative estimate of drug-likeness (QED) is 0.723. The zero-order chi connectivity index (χ0) is 16.1. The van der Waals surface area contributed by atoms with Crippen molar-refractivity contribution in [3.63, 3.8) is 0 Å². The van der Waals surface area contributed by atoms with E-state index in [1.165, 1.54) is 4.68 Å². The summed E-state index contributed by atoms with van der Waals surface area (Å²) in [4.78, 5) is 12.2. The molecule has 0 unspecified atom stereocenters. The van der Waals surface area contributed by atoms with Gasteiger partial charge in [-0.2, -0.15) is 5.10 Å². The molecule has 0 aliphatic heterocycles. The van der Waals surface area contributed by atoms with E-state index in [0.29, 0.717) is 5.69 Å². The van der Waals surface area contributed by atoms with Gasteiger partial charge in [-0.3, -0.25) is 4.79 Å². The highest BCUT2D eigenvalue weighted by Crippen LogP contribution is 2.12. The second-order valence-electron chi connectivity index (χ2n) is 4.95. The predicted molar refractivity (Wildman–Crippen MR) is 87.2 cm³/mol. The second-order valence-corrected chi connectivity index (χ2v) is 4.95. The number of rotatable bonds is 5. The first-order valence-electron chi connectivity index (χ1n) is 7.18. The summed E-state index contributed by atoms with van der Waals surface area (Å²) in [6.45, 7) is 0. The van der Waals surface area contributed by atoms with Crippen molar-refractivity contribution >= 4 is 18.1 Å². The summed E-state index contributed by atoms with van der Waals surface area (Å²) in [5, 5.41) is 4.25. The molecule has 0 bridgehead atoms. The van der Waals surface area contributed by atoms with Crippen molar-refractivity contribution in [2.75, 3.05) is 7.11 Å². The third-order valence-electron chi connectivity index (χ3n) is 3.34. The summed E-state index contributed by atoms with van der Waals surface area (Å²) in [5.74, 6) is 1.42. The molecule has 23 heavy (non-hydrogen) atoms. The lowest BCUT2D eigenvalue weighted by Gasteiger charge is -2.03. The number of hydrogen-bond donors (Lipinski definition) is 0. The van der Waals surface area contributed by atoms with Gasteiger partial charge in [0, 0.05) is 6.20 Å². The van der Waals surface area contributed by atoms with Crippen LogP contribution in [0.25, 0.3) is 12.2 Å². The summed E-state index contributed by atoms with van der Waals surface area (Å²) in [7, 11) is 1.61. The van der Waals surface area contributed by atoms with Crippen LogP contribution in [0.2, 0.25) is 0 Å². The Kier molecular flexibility index (Phi) is 4.38. The maximum atomic E-state index is 12.2. The molecule has 0 radical (unpaired) electrons. The predicted octanol–water partition coefficient (Wildman–Crippen LogP) is 3.54. The van der Waals surface area contributed by atoms with Crippen molar-refractivity contribution in [3.05, 3.63) is 71.9 Å². The van der Waals surface area contributed by atoms with E-state index >= 15 is 0 Å². The Morgan fingerprint density at radius 3 is 2.74 bits per heavy atom. The maximum Gasteiger partial charge on any atom is 0.251 e. The molecular weight excluding hydrogens is 292 g/mol. The van der Waals surface area contributed by atoms with Gasteiger partial charge in [0.25, 0.3) is 5.91 Å². The highest BCUT2D eigenvalue weighted by atomic mass is 16.5. The van der Waals surface area contributed by atoms with Crippen molar-refractivity contribution in [1.82, 2.24) is 9.78 Å². The minimum absolute atomic E-state index is 0.0900. The van der Waals surface area contributed by atoms with Crippen molar-refractivity contribution in [1.29, 1.82) is 0 Å². The Hall–Kier alpha value is -3.08. The Morgan fingerprint density at radius 2 is 2.04 bits per heavy atom. The smallest absolute Gasteiger partial charge is 0.251 e. The molecule has 116 valence electrons. The molecule has 0 fully saturated rings. The molecule has 0 amide bonds. The van der Waals surface area contributed by atoms with Gasteiger partial charge in [0.1, 0.15) is 11.5 Å². The van der Waals surface area contributed by atoms with Gasteiger partial charge in [0.15, 0.2) is 0 Å². The first kappa shape index (κ1) is 14.8. The molecule has 5 nitrogen and oxygen atoms in total. The van der Waals surface area contributed by atoms with Crippen LogP contribution in [0.5, 0.6) is 5.75 Å². The molecule has 0 N–H and O–H groups in total. The molecule has 0 spiro atoms. The van der Waals surface area contributed by atoms with E-state index < -0.39 is 0 Å². The monoisotopic (exact) mass is 308 g/mol. The molecule has 0 aliphatic carbocycles. The molecule has 3 aromatic rings. The number of furan rings is 1. The first-order valence-corrected chi connectivity index (χ1v) is 7.18. The maximum absolute atomic E-state index is 12.2. The van der Waals surface area contributed by atoms with E-state index in [0.717, 1.165) is 17.1 Å². The summed E-state index contributed by atoms with van der Waals surface area (Å²) >= 11 is 0. The first-order chi connectivity index (χ1) is 11.2. The van der Waals surface area contributed by atoms with Crippen LogP contribution in [0.3, 0.4) is 0 Å². The third kappa shape index (κ3) is 3.77. The number of nitrogens with zero attached hydrogens (tertiary/aromatic N) is 2. The zero-order valence-electron chi connectivity index (χ0n) is 12.7. The fourth-order valence-corrected chi connectivity index (χ4v) is 2.12. The highest BCUT2D eigenvalue weighted by Gasteiger charge is 2.08. The Labute approximate surface area is 133 Å². The Bertz CT molecular complexity index is 799. The topological polar surface area (TPSA) is 57.3 Å². The zero-order valence-corrected chi connectivity index (χ0v) is 12.7. The second kappa shape index (κ2) is 6.79. The molecule has 2 heterocycles. The van der Waals surface area contributed by atoms with Gasteiger partial charge in [0.2, 0.25) is 0 Å². The van der Waals surface area contributed by atoms with Crippen LogP contribution >= 0.6 is 0 Å². The third-order valence-corrected chi connectivity index (χ3v) is 3.34. The van der Waals surface area contributed by atoms with E-state index in [4.69, 9.17) is 9.15 Å². The van der Waals surface area contributed by atoms with Crippen LogP contribution in [0.1, 0.15) is 21.8 Å². The molecule has 5 heteroatoms. The van der Waals surface area contributed by atoms with Crippen LogP contribution in [0, 0.1) is 0 Å². The van der Waals surface area contributed by atoms with E-state index in [2.05, 4.69) is 5.10 Å². The lowest BCUT2D eigenvalue weighted by atomic mass is 10.1. The van der Waals surface area contributed by atoms with Crippen LogP contribution in [-0.4, -0.2) is 22.8 Å². The van der Waals surface area contributed by atoms with Gasteiger partial charge >= 0.3 is 0 Å². The fraction of sp³-hybridized carbons (Fsp3) is 0.111. The molecule has 3 rings (SSSR count). The molecular formula is C18H16N2O3. The number of carbonyl (C=O) groups is 1. The van der Waals surface area contributed by atoms with Gasteiger partial charge < -0.3 is 9.15 Å². The number of hydrogen-bond acceptors (Lipinski definition) is 4. The Morgan fingerprint density at radius 1 is 1.22 bits per heavy atom. The SMILES string of the molecule is COc1ccc(CC(=O)n2ccc(C=Cc3ccco3)n2)cc1. The van der Waals surface area contributed by atoms with E-state index in [-0.39, 0.29) is 12.3 Å². The van der Waals surface area contributed by atoms with Crippen molar-refractivity contribution in [2.45, 2.75) is 6.42 Å². The van der Waals surface area contributed by atoms with Gasteiger partial charge in [-0.1, -0.05) is 12.1 Å². The number of methoxy groups -OCH3 is 1. The van der Waals surface area contributed by atoms with Crippen LogP contribution in [0.4, 0.5) is 0 Å². The van der Waals surface area contributed by atoms with Crippen LogP contribution in [-0.2, 0) is 6.42 Å². The van der Waals surface area contributed by atoms with Gasteiger partial charge in [-0.05, 0) is 48.0 Å². The summed E-state index contributed by atoms with van der Waals surface area (Å²) in [6, 6.07) is 12.9. The lowest BCUT2D eigenvalue weighted by Crippen LogP contribution is -2.14. The van der Waals surface area contributed by atoms with Crippen LogP contribution < -0.4 is 4.74 Å². The standard InChI is InChI=1S/C18H16N2O3/c1-22-16-7-4-14(5-8-16)13-18(21)20-11-10-15(19-20)6-9-17-3-2-12-23-17/h2-12H,13H2,1H3. The van der Waals surface area contributed by atoms with Crippen molar-refractivity contribution < 1.29 is 13.9 Å². The van der Waals surface area contributed by atoms with E-state index in [1.54, 1.807) is 37.8 Å². The molecule has 1 aromatic carbocycles. The molecule has 0 saturated heterocycles. The normalized spacial score (nSPS) is 11.0. The number of carbonyl (C=O) groups excluding carboxylic acids is 1. The number of ether oxygens (including phenoxy) is 1. The average molecular weight is 308 g/mol. The van der Waals surface area contributed by atoms with Crippen molar-refractivity contribution in [3.8, 4) is 5.75 Å². The number of benzene rings is 1. The fourth-order valence-electron chi connectivity index (χ4n) is 2.12. The Balaban J connectivity index is 1.65. The highest BCUT2D eigenvalue weighted by molar-refractivity contribution is 5.80. The minimum Gasteiger partial charge on any atom is -0.497 e.